The second-order valence-corrected chi connectivity index (χ2v) is 6.59. The minimum absolute atomic E-state index is 0.0718. The fourth-order valence-corrected chi connectivity index (χ4v) is 2.71. The Morgan fingerprint density at radius 3 is 2.76 bits per heavy atom. The number of benzene rings is 1. The molecule has 0 atom stereocenters. The molecule has 3 rings (SSSR count). The van der Waals surface area contributed by atoms with Gasteiger partial charge in [0, 0.05) is 24.4 Å². The Hall–Kier alpha value is -3.45. The Morgan fingerprint density at radius 1 is 1.21 bits per heavy atom. The third-order valence-corrected chi connectivity index (χ3v) is 4.42. The lowest BCUT2D eigenvalue weighted by atomic mass is 10.1. The fraction of sp³-hybridized carbons (Fsp3) is 0.143. The molecule has 1 aromatic carbocycles. The number of aryl methyl sites for hydroxylation is 1. The van der Waals surface area contributed by atoms with E-state index in [1.54, 1.807) is 19.4 Å². The van der Waals surface area contributed by atoms with E-state index in [1.807, 2.05) is 31.2 Å². The van der Waals surface area contributed by atoms with Crippen molar-refractivity contribution in [3.8, 4) is 5.88 Å². The number of methoxy groups -OCH3 is 1. The maximum atomic E-state index is 11.8. The summed E-state index contributed by atoms with van der Waals surface area (Å²) in [6.07, 6.45) is 4.74. The standard InChI is InChI=1S/C21H20ClN5O2/c1-4-15(28)9-14-7-5-6-8-17(14)25-20-16(22)12-24-21(27-20)26-18-10-19(29-3)23-11-13(18)2/h4-8,10-12H,1,9H2,2-3H3,(H2,23,24,25,26,27). The van der Waals surface area contributed by atoms with Crippen molar-refractivity contribution < 1.29 is 9.53 Å². The Bertz CT molecular complexity index is 1050. The first-order chi connectivity index (χ1) is 14.0. The van der Waals surface area contributed by atoms with Gasteiger partial charge in [-0.1, -0.05) is 36.4 Å². The van der Waals surface area contributed by atoms with Crippen molar-refractivity contribution in [3.63, 3.8) is 0 Å². The van der Waals surface area contributed by atoms with Gasteiger partial charge in [-0.3, -0.25) is 4.79 Å². The number of rotatable bonds is 8. The number of nitrogens with one attached hydrogen (secondary N) is 2. The Kier molecular flexibility index (Phi) is 6.41. The van der Waals surface area contributed by atoms with E-state index in [0.717, 1.165) is 22.5 Å². The highest BCUT2D eigenvalue weighted by molar-refractivity contribution is 6.32. The molecule has 2 N–H and O–H groups in total. The zero-order chi connectivity index (χ0) is 20.8. The van der Waals surface area contributed by atoms with Crippen LogP contribution in [0, 0.1) is 6.92 Å². The first-order valence-corrected chi connectivity index (χ1v) is 9.18. The maximum Gasteiger partial charge on any atom is 0.229 e. The third kappa shape index (κ3) is 5.08. The molecule has 0 saturated carbocycles. The summed E-state index contributed by atoms with van der Waals surface area (Å²) < 4.78 is 5.16. The molecule has 29 heavy (non-hydrogen) atoms. The summed E-state index contributed by atoms with van der Waals surface area (Å²) in [7, 11) is 1.55. The molecule has 0 saturated heterocycles. The van der Waals surface area contributed by atoms with Crippen LogP contribution in [0.2, 0.25) is 5.02 Å². The number of ketones is 1. The maximum absolute atomic E-state index is 11.8. The topological polar surface area (TPSA) is 89.0 Å². The summed E-state index contributed by atoms with van der Waals surface area (Å²) in [6.45, 7) is 5.44. The van der Waals surface area contributed by atoms with E-state index in [2.05, 4.69) is 32.2 Å². The second kappa shape index (κ2) is 9.16. The molecule has 0 unspecified atom stereocenters. The molecule has 3 aromatic rings. The fourth-order valence-electron chi connectivity index (χ4n) is 2.57. The molecule has 0 radical (unpaired) electrons. The Labute approximate surface area is 173 Å². The van der Waals surface area contributed by atoms with Crippen molar-refractivity contribution in [1.82, 2.24) is 15.0 Å². The molecule has 8 heteroatoms. The molecule has 0 aliphatic carbocycles. The van der Waals surface area contributed by atoms with Gasteiger partial charge in [0.1, 0.15) is 5.02 Å². The van der Waals surface area contributed by atoms with E-state index < -0.39 is 0 Å². The highest BCUT2D eigenvalue weighted by atomic mass is 35.5. The molecule has 0 bridgehead atoms. The second-order valence-electron chi connectivity index (χ2n) is 6.19. The van der Waals surface area contributed by atoms with Crippen LogP contribution in [0.5, 0.6) is 5.88 Å². The van der Waals surface area contributed by atoms with Gasteiger partial charge in [-0.05, 0) is 30.2 Å². The molecule has 0 aliphatic heterocycles. The molecule has 0 fully saturated rings. The zero-order valence-electron chi connectivity index (χ0n) is 16.1. The van der Waals surface area contributed by atoms with E-state index in [0.29, 0.717) is 22.7 Å². The van der Waals surface area contributed by atoms with Crippen molar-refractivity contribution in [2.45, 2.75) is 13.3 Å². The first-order valence-electron chi connectivity index (χ1n) is 8.80. The monoisotopic (exact) mass is 409 g/mol. The van der Waals surface area contributed by atoms with Crippen LogP contribution in [0.4, 0.5) is 23.1 Å². The minimum Gasteiger partial charge on any atom is -0.481 e. The number of carbonyl (C=O) groups is 1. The van der Waals surface area contributed by atoms with Crippen LogP contribution in [0.3, 0.4) is 0 Å². The first kappa shape index (κ1) is 20.3. The van der Waals surface area contributed by atoms with Gasteiger partial charge < -0.3 is 15.4 Å². The van der Waals surface area contributed by atoms with Crippen molar-refractivity contribution in [3.05, 3.63) is 71.5 Å². The quantitative estimate of drug-likeness (QED) is 0.524. The predicted molar refractivity (Wildman–Crippen MR) is 114 cm³/mol. The van der Waals surface area contributed by atoms with Crippen LogP contribution in [-0.2, 0) is 11.2 Å². The molecule has 2 heterocycles. The Balaban J connectivity index is 1.87. The van der Waals surface area contributed by atoms with Gasteiger partial charge in [-0.15, -0.1) is 0 Å². The lowest BCUT2D eigenvalue weighted by Crippen LogP contribution is -2.05. The zero-order valence-corrected chi connectivity index (χ0v) is 16.8. The number of ether oxygens (including phenoxy) is 1. The highest BCUT2D eigenvalue weighted by Gasteiger charge is 2.11. The molecular formula is C21H20ClN5O2. The van der Waals surface area contributed by atoms with Gasteiger partial charge >= 0.3 is 0 Å². The summed E-state index contributed by atoms with van der Waals surface area (Å²) in [5.41, 5.74) is 3.22. The SMILES string of the molecule is C=CC(=O)Cc1ccccc1Nc1nc(Nc2cc(OC)ncc2C)ncc1Cl. The van der Waals surface area contributed by atoms with Crippen LogP contribution in [0.15, 0.2) is 55.4 Å². The van der Waals surface area contributed by atoms with Crippen LogP contribution >= 0.6 is 11.6 Å². The molecule has 0 amide bonds. The number of hydrogen-bond donors (Lipinski definition) is 2. The molecule has 0 aliphatic rings. The van der Waals surface area contributed by atoms with Crippen molar-refractivity contribution in [1.29, 1.82) is 0 Å². The smallest absolute Gasteiger partial charge is 0.229 e. The lowest BCUT2D eigenvalue weighted by molar-refractivity contribution is -0.114. The molecule has 148 valence electrons. The average molecular weight is 410 g/mol. The van der Waals surface area contributed by atoms with E-state index in [4.69, 9.17) is 16.3 Å². The summed E-state index contributed by atoms with van der Waals surface area (Å²) in [5.74, 6) is 1.18. The van der Waals surface area contributed by atoms with E-state index in [9.17, 15) is 4.79 Å². The number of carbonyl (C=O) groups excluding carboxylic acids is 1. The third-order valence-electron chi connectivity index (χ3n) is 4.14. The number of aromatic nitrogens is 3. The predicted octanol–water partition coefficient (Wildman–Crippen LogP) is 4.63. The van der Waals surface area contributed by atoms with Crippen molar-refractivity contribution in [2.24, 2.45) is 0 Å². The normalized spacial score (nSPS) is 10.3. The van der Waals surface area contributed by atoms with E-state index >= 15 is 0 Å². The lowest BCUT2D eigenvalue weighted by Gasteiger charge is -2.14. The van der Waals surface area contributed by atoms with Gasteiger partial charge in [0.25, 0.3) is 0 Å². The van der Waals surface area contributed by atoms with E-state index in [-0.39, 0.29) is 12.2 Å². The number of halogens is 1. The molecular weight excluding hydrogens is 390 g/mol. The van der Waals surface area contributed by atoms with Gasteiger partial charge in [-0.2, -0.15) is 4.98 Å². The van der Waals surface area contributed by atoms with Gasteiger partial charge in [0.15, 0.2) is 11.6 Å². The number of nitrogens with zero attached hydrogens (tertiary/aromatic N) is 3. The summed E-state index contributed by atoms with van der Waals surface area (Å²) in [6, 6.07) is 9.21. The minimum atomic E-state index is -0.0718. The van der Waals surface area contributed by atoms with Crippen molar-refractivity contribution in [2.75, 3.05) is 17.7 Å². The molecule has 0 spiro atoms. The largest absolute Gasteiger partial charge is 0.481 e. The molecule has 2 aromatic heterocycles. The number of allylic oxidation sites excluding steroid dienone is 1. The number of pyridine rings is 1. The summed E-state index contributed by atoms with van der Waals surface area (Å²) in [4.78, 5) is 24.6. The van der Waals surface area contributed by atoms with Crippen molar-refractivity contribution >= 4 is 40.5 Å². The van der Waals surface area contributed by atoms with Crippen LogP contribution in [0.25, 0.3) is 0 Å². The van der Waals surface area contributed by atoms with Crippen LogP contribution < -0.4 is 15.4 Å². The van der Waals surface area contributed by atoms with Gasteiger partial charge in [0.2, 0.25) is 11.8 Å². The average Bonchev–Trinajstić information content (AvgIpc) is 2.73. The number of hydrogen-bond acceptors (Lipinski definition) is 7. The van der Waals surface area contributed by atoms with Gasteiger partial charge in [-0.25, -0.2) is 9.97 Å². The van der Waals surface area contributed by atoms with E-state index in [1.165, 1.54) is 12.3 Å². The van der Waals surface area contributed by atoms with Crippen LogP contribution in [-0.4, -0.2) is 27.8 Å². The highest BCUT2D eigenvalue weighted by Crippen LogP contribution is 2.28. The summed E-state index contributed by atoms with van der Waals surface area (Å²) in [5, 5.41) is 6.69. The number of para-hydroxylation sites is 1. The van der Waals surface area contributed by atoms with Gasteiger partial charge in [0.05, 0.1) is 19.0 Å². The molecule has 7 nitrogen and oxygen atoms in total. The summed E-state index contributed by atoms with van der Waals surface area (Å²) >= 11 is 6.29. The van der Waals surface area contributed by atoms with Crippen LogP contribution in [0.1, 0.15) is 11.1 Å². The number of anilines is 4. The Morgan fingerprint density at radius 2 is 2.00 bits per heavy atom.